The molecule has 2 rings (SSSR count). The van der Waals surface area contributed by atoms with Gasteiger partial charge in [-0.2, -0.15) is 0 Å². The number of benzene rings is 1. The highest BCUT2D eigenvalue weighted by Gasteiger charge is 2.18. The lowest BCUT2D eigenvalue weighted by Crippen LogP contribution is -2.50. The van der Waals surface area contributed by atoms with Gasteiger partial charge < -0.3 is 10.2 Å². The number of likely N-dealkylation sites (N-methyl/N-ethyl adjacent to an activating group) is 1. The van der Waals surface area contributed by atoms with Crippen molar-refractivity contribution in [3.63, 3.8) is 0 Å². The van der Waals surface area contributed by atoms with Gasteiger partial charge in [0.25, 0.3) is 0 Å². The molecule has 0 amide bonds. The Hall–Kier alpha value is -0.860. The SMILES string of the molecule is Cc1ccc(C[C@@H]2CNCCN2C)cc1C. The fourth-order valence-corrected chi connectivity index (χ4v) is 2.29. The second kappa shape index (κ2) is 4.98. The Labute approximate surface area is 98.7 Å². The van der Waals surface area contributed by atoms with Crippen molar-refractivity contribution >= 4 is 0 Å². The predicted octanol–water partition coefficient (Wildman–Crippen LogP) is 1.75. The van der Waals surface area contributed by atoms with E-state index in [9.17, 15) is 0 Å². The number of rotatable bonds is 2. The maximum Gasteiger partial charge on any atom is 0.0258 e. The zero-order chi connectivity index (χ0) is 11.5. The Kier molecular flexibility index (Phi) is 3.62. The van der Waals surface area contributed by atoms with Crippen molar-refractivity contribution in [2.45, 2.75) is 26.3 Å². The minimum atomic E-state index is 0.649. The summed E-state index contributed by atoms with van der Waals surface area (Å²) in [5, 5.41) is 3.47. The van der Waals surface area contributed by atoms with Crippen LogP contribution in [0.25, 0.3) is 0 Å². The third kappa shape index (κ3) is 2.63. The first-order valence-corrected chi connectivity index (χ1v) is 6.14. The first-order valence-electron chi connectivity index (χ1n) is 6.14. The molecule has 0 unspecified atom stereocenters. The molecule has 1 fully saturated rings. The van der Waals surface area contributed by atoms with Crippen molar-refractivity contribution in [1.29, 1.82) is 0 Å². The van der Waals surface area contributed by atoms with Gasteiger partial charge in [-0.1, -0.05) is 18.2 Å². The van der Waals surface area contributed by atoms with Crippen LogP contribution in [0, 0.1) is 13.8 Å². The molecule has 0 aliphatic carbocycles. The number of hydrogen-bond acceptors (Lipinski definition) is 2. The van der Waals surface area contributed by atoms with Crippen LogP contribution in [-0.4, -0.2) is 37.6 Å². The van der Waals surface area contributed by atoms with E-state index in [1.165, 1.54) is 16.7 Å². The van der Waals surface area contributed by atoms with Gasteiger partial charge in [-0.3, -0.25) is 0 Å². The molecule has 1 aliphatic rings. The van der Waals surface area contributed by atoms with Crippen molar-refractivity contribution < 1.29 is 0 Å². The molecule has 2 heteroatoms. The number of hydrogen-bond donors (Lipinski definition) is 1. The second-order valence-corrected chi connectivity index (χ2v) is 4.96. The molecule has 0 saturated carbocycles. The molecule has 0 bridgehead atoms. The molecule has 1 atom stereocenters. The van der Waals surface area contributed by atoms with Gasteiger partial charge in [0, 0.05) is 25.7 Å². The van der Waals surface area contributed by atoms with Gasteiger partial charge in [-0.25, -0.2) is 0 Å². The van der Waals surface area contributed by atoms with E-state index in [1.807, 2.05) is 0 Å². The predicted molar refractivity (Wildman–Crippen MR) is 68.9 cm³/mol. The van der Waals surface area contributed by atoms with Gasteiger partial charge in [0.05, 0.1) is 0 Å². The smallest absolute Gasteiger partial charge is 0.0258 e. The summed E-state index contributed by atoms with van der Waals surface area (Å²) in [5.74, 6) is 0. The average molecular weight is 218 g/mol. The van der Waals surface area contributed by atoms with Gasteiger partial charge in [0.15, 0.2) is 0 Å². The van der Waals surface area contributed by atoms with Crippen LogP contribution in [0.4, 0.5) is 0 Å². The van der Waals surface area contributed by atoms with Gasteiger partial charge in [0.1, 0.15) is 0 Å². The Morgan fingerprint density at radius 2 is 2.12 bits per heavy atom. The molecular weight excluding hydrogens is 196 g/mol. The summed E-state index contributed by atoms with van der Waals surface area (Å²) in [7, 11) is 2.23. The van der Waals surface area contributed by atoms with Crippen LogP contribution in [0.15, 0.2) is 18.2 Å². The first kappa shape index (κ1) is 11.6. The quantitative estimate of drug-likeness (QED) is 0.813. The summed E-state index contributed by atoms with van der Waals surface area (Å²) in [6.07, 6.45) is 1.16. The minimum Gasteiger partial charge on any atom is -0.314 e. The fraction of sp³-hybridized carbons (Fsp3) is 0.571. The third-order valence-electron chi connectivity index (χ3n) is 3.69. The summed E-state index contributed by atoms with van der Waals surface area (Å²) in [5.41, 5.74) is 4.26. The highest BCUT2D eigenvalue weighted by atomic mass is 15.2. The molecule has 0 aromatic heterocycles. The van der Waals surface area contributed by atoms with Gasteiger partial charge >= 0.3 is 0 Å². The molecule has 1 aliphatic heterocycles. The van der Waals surface area contributed by atoms with E-state index in [2.05, 4.69) is 49.3 Å². The molecule has 88 valence electrons. The van der Waals surface area contributed by atoms with Crippen LogP contribution >= 0.6 is 0 Å². The lowest BCUT2D eigenvalue weighted by Gasteiger charge is -2.33. The molecule has 16 heavy (non-hydrogen) atoms. The Balaban J connectivity index is 2.05. The maximum atomic E-state index is 3.47. The molecule has 0 radical (unpaired) electrons. The minimum absolute atomic E-state index is 0.649. The summed E-state index contributed by atoms with van der Waals surface area (Å²) >= 11 is 0. The van der Waals surface area contributed by atoms with E-state index in [1.54, 1.807) is 0 Å². The highest BCUT2D eigenvalue weighted by Crippen LogP contribution is 2.14. The molecule has 1 aromatic rings. The number of aryl methyl sites for hydroxylation is 2. The van der Waals surface area contributed by atoms with Crippen molar-refractivity contribution in [2.24, 2.45) is 0 Å². The van der Waals surface area contributed by atoms with Gasteiger partial charge in [0.2, 0.25) is 0 Å². The lowest BCUT2D eigenvalue weighted by molar-refractivity contribution is 0.199. The first-order chi connectivity index (χ1) is 7.66. The average Bonchev–Trinajstić information content (AvgIpc) is 2.27. The number of nitrogens with zero attached hydrogens (tertiary/aromatic N) is 1. The van der Waals surface area contributed by atoms with Crippen LogP contribution in [0.1, 0.15) is 16.7 Å². The Bertz CT molecular complexity index is 360. The number of piperazine rings is 1. The Morgan fingerprint density at radius 3 is 2.81 bits per heavy atom. The molecule has 1 aromatic carbocycles. The maximum absolute atomic E-state index is 3.47. The fourth-order valence-electron chi connectivity index (χ4n) is 2.29. The summed E-state index contributed by atoms with van der Waals surface area (Å²) in [6, 6.07) is 7.49. The van der Waals surface area contributed by atoms with Crippen LogP contribution in [0.3, 0.4) is 0 Å². The monoisotopic (exact) mass is 218 g/mol. The molecule has 0 spiro atoms. The van der Waals surface area contributed by atoms with E-state index < -0.39 is 0 Å². The zero-order valence-corrected chi connectivity index (χ0v) is 10.6. The number of nitrogens with one attached hydrogen (secondary N) is 1. The van der Waals surface area contributed by atoms with Gasteiger partial charge in [-0.05, 0) is 44.0 Å². The van der Waals surface area contributed by atoms with E-state index in [0.29, 0.717) is 6.04 Å². The lowest BCUT2D eigenvalue weighted by atomic mass is 9.99. The van der Waals surface area contributed by atoms with E-state index in [-0.39, 0.29) is 0 Å². The molecule has 1 N–H and O–H groups in total. The van der Waals surface area contributed by atoms with Crippen LogP contribution in [-0.2, 0) is 6.42 Å². The standard InChI is InChI=1S/C14H22N2/c1-11-4-5-13(8-12(11)2)9-14-10-15-6-7-16(14)3/h4-5,8,14-15H,6-7,9-10H2,1-3H3/t14-/m1/s1. The Morgan fingerprint density at radius 1 is 1.31 bits per heavy atom. The van der Waals surface area contributed by atoms with E-state index >= 15 is 0 Å². The molecular formula is C14H22N2. The zero-order valence-electron chi connectivity index (χ0n) is 10.6. The summed E-state index contributed by atoms with van der Waals surface area (Å²) in [6.45, 7) is 7.77. The van der Waals surface area contributed by atoms with Crippen molar-refractivity contribution in [3.8, 4) is 0 Å². The van der Waals surface area contributed by atoms with E-state index in [0.717, 1.165) is 26.1 Å². The van der Waals surface area contributed by atoms with Crippen molar-refractivity contribution in [3.05, 3.63) is 34.9 Å². The largest absolute Gasteiger partial charge is 0.314 e. The molecule has 1 heterocycles. The topological polar surface area (TPSA) is 15.3 Å². The summed E-state index contributed by atoms with van der Waals surface area (Å²) in [4.78, 5) is 2.46. The molecule has 1 saturated heterocycles. The summed E-state index contributed by atoms with van der Waals surface area (Å²) < 4.78 is 0. The van der Waals surface area contributed by atoms with Crippen LogP contribution in [0.5, 0.6) is 0 Å². The molecule has 2 nitrogen and oxygen atoms in total. The highest BCUT2D eigenvalue weighted by molar-refractivity contribution is 5.30. The van der Waals surface area contributed by atoms with E-state index in [4.69, 9.17) is 0 Å². The van der Waals surface area contributed by atoms with Crippen LogP contribution < -0.4 is 5.32 Å². The normalized spacial score (nSPS) is 22.3. The third-order valence-corrected chi connectivity index (χ3v) is 3.69. The van der Waals surface area contributed by atoms with Crippen molar-refractivity contribution in [2.75, 3.05) is 26.7 Å². The second-order valence-electron chi connectivity index (χ2n) is 4.96. The van der Waals surface area contributed by atoms with Crippen LogP contribution in [0.2, 0.25) is 0 Å². The van der Waals surface area contributed by atoms with Crippen molar-refractivity contribution in [1.82, 2.24) is 10.2 Å². The van der Waals surface area contributed by atoms with Gasteiger partial charge in [-0.15, -0.1) is 0 Å².